The molecule has 0 heterocycles. The maximum atomic E-state index is 9.59. The zero-order chi connectivity index (χ0) is 17.5. The highest BCUT2D eigenvalue weighted by Crippen LogP contribution is 2.23. The van der Waals surface area contributed by atoms with Crippen LogP contribution in [0.2, 0.25) is 6.04 Å². The molecule has 3 aromatic carbocycles. The van der Waals surface area contributed by atoms with E-state index < -0.39 is 8.32 Å². The lowest BCUT2D eigenvalue weighted by molar-refractivity contribution is 0.473. The number of hydrogen-bond donors (Lipinski definition) is 1. The van der Waals surface area contributed by atoms with Gasteiger partial charge in [0.2, 0.25) is 0 Å². The molecule has 0 bridgehead atoms. The molecule has 0 unspecified atom stereocenters. The van der Waals surface area contributed by atoms with Crippen molar-refractivity contribution in [3.63, 3.8) is 0 Å². The molecule has 25 heavy (non-hydrogen) atoms. The Balaban J connectivity index is 2.11. The van der Waals surface area contributed by atoms with E-state index in [4.69, 9.17) is 4.43 Å². The topological polar surface area (TPSA) is 29.5 Å². The lowest BCUT2D eigenvalue weighted by atomic mass is 10.3. The Labute approximate surface area is 150 Å². The first-order valence-corrected chi connectivity index (χ1v) is 11.0. The summed E-state index contributed by atoms with van der Waals surface area (Å²) < 4.78 is 6.76. The van der Waals surface area contributed by atoms with Crippen LogP contribution in [0, 0.1) is 0 Å². The van der Waals surface area contributed by atoms with E-state index in [1.54, 1.807) is 12.1 Å². The summed E-state index contributed by atoms with van der Waals surface area (Å²) in [5, 5.41) is 12.1. The fourth-order valence-electron chi connectivity index (χ4n) is 3.18. The smallest absolute Gasteiger partial charge is 0.314 e. The van der Waals surface area contributed by atoms with Crippen molar-refractivity contribution in [1.82, 2.24) is 0 Å². The molecule has 0 aliphatic heterocycles. The van der Waals surface area contributed by atoms with Crippen LogP contribution in [-0.4, -0.2) is 13.4 Å². The number of phenolic OH excluding ortho intramolecular Hbond substituents is 1. The van der Waals surface area contributed by atoms with Crippen molar-refractivity contribution in [2.75, 3.05) is 0 Å². The van der Waals surface area contributed by atoms with Crippen molar-refractivity contribution >= 4 is 18.7 Å². The molecule has 0 aliphatic carbocycles. The summed E-state index contributed by atoms with van der Waals surface area (Å²) >= 11 is 0. The van der Waals surface area contributed by atoms with E-state index in [-0.39, 0.29) is 5.75 Å². The molecule has 2 nitrogen and oxygen atoms in total. The first-order valence-electron chi connectivity index (χ1n) is 8.84. The Morgan fingerprint density at radius 3 is 1.76 bits per heavy atom. The molecule has 0 atom stereocenters. The number of phenols is 1. The zero-order valence-electron chi connectivity index (χ0n) is 14.6. The molecule has 0 fully saturated rings. The van der Waals surface area contributed by atoms with Crippen molar-refractivity contribution in [1.29, 1.82) is 0 Å². The second-order valence-corrected chi connectivity index (χ2v) is 9.77. The van der Waals surface area contributed by atoms with Crippen LogP contribution < -0.4 is 14.8 Å². The molecule has 128 valence electrons. The molecule has 0 radical (unpaired) electrons. The first kappa shape index (κ1) is 17.3. The van der Waals surface area contributed by atoms with E-state index in [0.29, 0.717) is 0 Å². The molecular formula is C22H24O2Si. The van der Waals surface area contributed by atoms with Gasteiger partial charge in [0, 0.05) is 0 Å². The van der Waals surface area contributed by atoms with Gasteiger partial charge in [-0.05, 0) is 40.7 Å². The fraction of sp³-hybridized carbons (Fsp3) is 0.182. The number of aromatic hydroxyl groups is 1. The molecule has 1 N–H and O–H groups in total. The SMILES string of the molecule is CCCC[Si](Oc1ccc(O)cc1)(c1ccccc1)c1ccccc1. The molecule has 3 aromatic rings. The Kier molecular flexibility index (Phi) is 5.56. The van der Waals surface area contributed by atoms with Gasteiger partial charge in [0.25, 0.3) is 0 Å². The van der Waals surface area contributed by atoms with Crippen molar-refractivity contribution in [2.24, 2.45) is 0 Å². The highest BCUT2D eigenvalue weighted by molar-refractivity contribution is 6.98. The summed E-state index contributed by atoms with van der Waals surface area (Å²) in [6.07, 6.45) is 2.25. The molecule has 3 rings (SSSR count). The largest absolute Gasteiger partial charge is 0.535 e. The third kappa shape index (κ3) is 3.94. The summed E-state index contributed by atoms with van der Waals surface area (Å²) in [6, 6.07) is 29.3. The lowest BCUT2D eigenvalue weighted by Gasteiger charge is -2.33. The van der Waals surface area contributed by atoms with Gasteiger partial charge in [-0.1, -0.05) is 80.4 Å². The third-order valence-corrected chi connectivity index (χ3v) is 8.67. The molecule has 0 aliphatic rings. The molecule has 0 saturated carbocycles. The summed E-state index contributed by atoms with van der Waals surface area (Å²) in [7, 11) is -2.41. The molecule has 0 aromatic heterocycles. The van der Waals surface area contributed by atoms with Crippen molar-refractivity contribution < 1.29 is 9.53 Å². The highest BCUT2D eigenvalue weighted by Gasteiger charge is 2.40. The fourth-order valence-corrected chi connectivity index (χ4v) is 7.28. The van der Waals surface area contributed by atoms with Crippen molar-refractivity contribution in [3.05, 3.63) is 84.9 Å². The standard InChI is InChI=1S/C22H24O2Si/c1-2-3-18-25(21-10-6-4-7-11-21,22-12-8-5-9-13-22)24-20-16-14-19(23)15-17-20/h4-17,23H,2-3,18H2,1H3. The van der Waals surface area contributed by atoms with Gasteiger partial charge < -0.3 is 9.53 Å². The maximum Gasteiger partial charge on any atom is 0.314 e. The minimum atomic E-state index is -2.41. The summed E-state index contributed by atoms with van der Waals surface area (Å²) in [5.74, 6) is 1.07. The summed E-state index contributed by atoms with van der Waals surface area (Å²) in [4.78, 5) is 0. The lowest BCUT2D eigenvalue weighted by Crippen LogP contribution is -2.63. The van der Waals surface area contributed by atoms with E-state index in [1.807, 2.05) is 24.3 Å². The first-order chi connectivity index (χ1) is 12.2. The zero-order valence-corrected chi connectivity index (χ0v) is 15.6. The van der Waals surface area contributed by atoms with Gasteiger partial charge in [-0.3, -0.25) is 0 Å². The van der Waals surface area contributed by atoms with Crippen molar-refractivity contribution in [3.8, 4) is 11.5 Å². The molecule has 0 spiro atoms. The average Bonchev–Trinajstić information content (AvgIpc) is 2.68. The van der Waals surface area contributed by atoms with Crippen LogP contribution in [-0.2, 0) is 0 Å². The van der Waals surface area contributed by atoms with Gasteiger partial charge in [0.15, 0.2) is 0 Å². The predicted molar refractivity (Wildman–Crippen MR) is 106 cm³/mol. The molecule has 0 amide bonds. The second-order valence-electron chi connectivity index (χ2n) is 6.26. The van der Waals surface area contributed by atoms with Crippen LogP contribution in [0.15, 0.2) is 84.9 Å². The van der Waals surface area contributed by atoms with Gasteiger partial charge >= 0.3 is 8.32 Å². The van der Waals surface area contributed by atoms with Crippen LogP contribution in [0.25, 0.3) is 0 Å². The van der Waals surface area contributed by atoms with Crippen LogP contribution >= 0.6 is 0 Å². The Hall–Kier alpha value is -2.52. The Morgan fingerprint density at radius 1 is 0.760 bits per heavy atom. The van der Waals surface area contributed by atoms with Gasteiger partial charge in [0.05, 0.1) is 0 Å². The number of hydrogen-bond acceptors (Lipinski definition) is 2. The molecule has 0 saturated heterocycles. The highest BCUT2D eigenvalue weighted by atomic mass is 28.4. The molecular weight excluding hydrogens is 324 g/mol. The molecule has 3 heteroatoms. The number of unbranched alkanes of at least 4 members (excludes halogenated alkanes) is 1. The van der Waals surface area contributed by atoms with E-state index >= 15 is 0 Å². The minimum Gasteiger partial charge on any atom is -0.535 e. The quantitative estimate of drug-likeness (QED) is 0.644. The van der Waals surface area contributed by atoms with Crippen LogP contribution in [0.5, 0.6) is 11.5 Å². The minimum absolute atomic E-state index is 0.257. The van der Waals surface area contributed by atoms with Gasteiger partial charge in [-0.2, -0.15) is 0 Å². The maximum absolute atomic E-state index is 9.59. The summed E-state index contributed by atoms with van der Waals surface area (Å²) in [5.41, 5.74) is 0. The number of rotatable bonds is 7. The summed E-state index contributed by atoms with van der Waals surface area (Å²) in [6.45, 7) is 2.22. The average molecular weight is 349 g/mol. The van der Waals surface area contributed by atoms with Gasteiger partial charge in [0.1, 0.15) is 11.5 Å². The van der Waals surface area contributed by atoms with Gasteiger partial charge in [-0.15, -0.1) is 0 Å². The van der Waals surface area contributed by atoms with Crippen LogP contribution in [0.4, 0.5) is 0 Å². The van der Waals surface area contributed by atoms with Crippen molar-refractivity contribution in [2.45, 2.75) is 25.8 Å². The monoisotopic (exact) mass is 348 g/mol. The second kappa shape index (κ2) is 8.04. The van der Waals surface area contributed by atoms with Crippen LogP contribution in [0.1, 0.15) is 19.8 Å². The Bertz CT molecular complexity index is 731. The number of benzene rings is 3. The Morgan fingerprint density at radius 2 is 1.28 bits per heavy atom. The predicted octanol–water partition coefficient (Wildman–Crippen LogP) is 4.33. The normalized spacial score (nSPS) is 11.2. The van der Waals surface area contributed by atoms with E-state index in [1.165, 1.54) is 10.4 Å². The van der Waals surface area contributed by atoms with E-state index in [2.05, 4.69) is 55.5 Å². The van der Waals surface area contributed by atoms with E-state index in [9.17, 15) is 5.11 Å². The van der Waals surface area contributed by atoms with Gasteiger partial charge in [-0.25, -0.2) is 0 Å². The third-order valence-electron chi connectivity index (χ3n) is 4.49. The van der Waals surface area contributed by atoms with Crippen LogP contribution in [0.3, 0.4) is 0 Å². The van der Waals surface area contributed by atoms with E-state index in [0.717, 1.165) is 24.6 Å².